The van der Waals surface area contributed by atoms with E-state index in [1.165, 1.54) is 0 Å². The lowest BCUT2D eigenvalue weighted by molar-refractivity contribution is 0.312. The van der Waals surface area contributed by atoms with E-state index in [1.807, 2.05) is 6.20 Å². The highest BCUT2D eigenvalue weighted by atomic mass is 15.0. The van der Waals surface area contributed by atoms with Crippen LogP contribution < -0.4 is 5.32 Å². The molecular formula is C9H16N2. The Morgan fingerprint density at radius 2 is 2.27 bits per heavy atom. The Morgan fingerprint density at radius 3 is 2.73 bits per heavy atom. The Hall–Kier alpha value is -0.790. The van der Waals surface area contributed by atoms with Crippen LogP contribution in [-0.2, 0) is 0 Å². The molecule has 0 amide bonds. The largest absolute Gasteiger partial charge is 0.353 e. The molecule has 0 aromatic carbocycles. The average molecular weight is 152 g/mol. The van der Waals surface area contributed by atoms with Gasteiger partial charge in [-0.25, -0.2) is 0 Å². The fraction of sp³-hybridized carbons (Fsp3) is 0.667. The minimum atomic E-state index is 0.287. The van der Waals surface area contributed by atoms with Crippen LogP contribution in [0, 0.1) is 5.41 Å². The molecule has 62 valence electrons. The Bertz CT molecular complexity index is 168. The van der Waals surface area contributed by atoms with Crippen molar-refractivity contribution in [3.05, 3.63) is 12.3 Å². The summed E-state index contributed by atoms with van der Waals surface area (Å²) >= 11 is 0. The summed E-state index contributed by atoms with van der Waals surface area (Å²) < 4.78 is 0. The van der Waals surface area contributed by atoms with E-state index in [0.29, 0.717) is 6.04 Å². The van der Waals surface area contributed by atoms with E-state index in [9.17, 15) is 0 Å². The maximum atomic E-state index is 4.35. The van der Waals surface area contributed by atoms with E-state index in [-0.39, 0.29) is 5.41 Å². The number of nitrogens with zero attached hydrogens (tertiary/aromatic N) is 1. The van der Waals surface area contributed by atoms with E-state index >= 15 is 0 Å². The molecule has 1 aliphatic rings. The number of aliphatic imine (C=N–C) groups is 1. The Balaban J connectivity index is 2.65. The lowest BCUT2D eigenvalue weighted by atomic mass is 9.82. The van der Waals surface area contributed by atoms with Crippen LogP contribution in [0.15, 0.2) is 17.3 Å². The Kier molecular flexibility index (Phi) is 2.32. The molecule has 2 heteroatoms. The van der Waals surface area contributed by atoms with Crippen molar-refractivity contribution in [2.45, 2.75) is 33.2 Å². The molecule has 1 N–H and O–H groups in total. The first kappa shape index (κ1) is 8.31. The lowest BCUT2D eigenvalue weighted by Gasteiger charge is -2.29. The van der Waals surface area contributed by atoms with Gasteiger partial charge in [0, 0.05) is 0 Å². The fourth-order valence-electron chi connectivity index (χ4n) is 1.03. The van der Waals surface area contributed by atoms with Crippen molar-refractivity contribution in [1.29, 1.82) is 0 Å². The highest BCUT2D eigenvalue weighted by Crippen LogP contribution is 2.28. The van der Waals surface area contributed by atoms with Gasteiger partial charge in [-0.15, -0.1) is 0 Å². The fourth-order valence-corrected chi connectivity index (χ4v) is 1.03. The third-order valence-corrected chi connectivity index (χ3v) is 2.40. The number of hydrogen-bond acceptors (Lipinski definition) is 2. The molecule has 1 aliphatic heterocycles. The zero-order valence-corrected chi connectivity index (χ0v) is 7.46. The molecule has 0 saturated carbocycles. The van der Waals surface area contributed by atoms with Crippen molar-refractivity contribution in [2.75, 3.05) is 0 Å². The van der Waals surface area contributed by atoms with E-state index < -0.39 is 0 Å². The topological polar surface area (TPSA) is 24.4 Å². The standard InChI is InChI=1S/C9H16N2/c1-4-9(2,3)8-5-6-10-7-11-8/h5-8H,4H2,1-3H3,(H,10,11). The van der Waals surface area contributed by atoms with Crippen molar-refractivity contribution in [3.8, 4) is 0 Å². The molecule has 1 unspecified atom stereocenters. The number of rotatable bonds is 2. The summed E-state index contributed by atoms with van der Waals surface area (Å²) in [5.41, 5.74) is 0.287. The molecule has 11 heavy (non-hydrogen) atoms. The van der Waals surface area contributed by atoms with E-state index in [4.69, 9.17) is 0 Å². The predicted octanol–water partition coefficient (Wildman–Crippen LogP) is 1.94. The second kappa shape index (κ2) is 3.07. The minimum absolute atomic E-state index is 0.287. The molecule has 1 heterocycles. The highest BCUT2D eigenvalue weighted by molar-refractivity contribution is 5.58. The summed E-state index contributed by atoms with van der Waals surface area (Å²) in [5.74, 6) is 0. The van der Waals surface area contributed by atoms with Gasteiger partial charge in [0.25, 0.3) is 0 Å². The molecular weight excluding hydrogens is 136 g/mol. The first-order valence-electron chi connectivity index (χ1n) is 4.11. The van der Waals surface area contributed by atoms with Gasteiger partial charge in [-0.2, -0.15) is 0 Å². The van der Waals surface area contributed by atoms with E-state index in [1.54, 1.807) is 6.34 Å². The molecule has 2 nitrogen and oxygen atoms in total. The molecule has 0 bridgehead atoms. The smallest absolute Gasteiger partial charge is 0.0870 e. The Labute approximate surface area is 68.4 Å². The summed E-state index contributed by atoms with van der Waals surface area (Å²) in [6, 6.07) is 0.341. The zero-order valence-electron chi connectivity index (χ0n) is 7.46. The molecule has 0 fully saturated rings. The van der Waals surface area contributed by atoms with E-state index in [0.717, 1.165) is 6.42 Å². The second-order valence-corrected chi connectivity index (χ2v) is 3.59. The van der Waals surface area contributed by atoms with Gasteiger partial charge in [-0.1, -0.05) is 20.8 Å². The van der Waals surface area contributed by atoms with Gasteiger partial charge in [-0.3, -0.25) is 4.99 Å². The van der Waals surface area contributed by atoms with Crippen LogP contribution in [0.25, 0.3) is 0 Å². The van der Waals surface area contributed by atoms with Crippen LogP contribution in [0.5, 0.6) is 0 Å². The summed E-state index contributed by atoms with van der Waals surface area (Å²) in [7, 11) is 0. The van der Waals surface area contributed by atoms with Gasteiger partial charge in [-0.05, 0) is 24.1 Å². The van der Waals surface area contributed by atoms with Gasteiger partial charge in [0.1, 0.15) is 0 Å². The Morgan fingerprint density at radius 1 is 1.55 bits per heavy atom. The highest BCUT2D eigenvalue weighted by Gasteiger charge is 2.25. The molecule has 0 radical (unpaired) electrons. The van der Waals surface area contributed by atoms with Gasteiger partial charge in [0.15, 0.2) is 0 Å². The van der Waals surface area contributed by atoms with Gasteiger partial charge in [0.2, 0.25) is 0 Å². The van der Waals surface area contributed by atoms with Crippen LogP contribution >= 0.6 is 0 Å². The first-order chi connectivity index (χ1) is 5.17. The van der Waals surface area contributed by atoms with Crippen molar-refractivity contribution < 1.29 is 0 Å². The van der Waals surface area contributed by atoms with Crippen LogP contribution in [0.2, 0.25) is 0 Å². The predicted molar refractivity (Wildman–Crippen MR) is 48.6 cm³/mol. The third-order valence-electron chi connectivity index (χ3n) is 2.40. The molecule has 0 aromatic rings. The summed E-state index contributed by atoms with van der Waals surface area (Å²) in [6.45, 7) is 6.68. The summed E-state index contributed by atoms with van der Waals surface area (Å²) in [6.07, 6.45) is 6.99. The first-order valence-corrected chi connectivity index (χ1v) is 4.11. The van der Waals surface area contributed by atoms with Crippen LogP contribution in [0.3, 0.4) is 0 Å². The van der Waals surface area contributed by atoms with Gasteiger partial charge in [0.05, 0.1) is 12.4 Å². The molecule has 0 saturated heterocycles. The van der Waals surface area contributed by atoms with E-state index in [2.05, 4.69) is 37.2 Å². The van der Waals surface area contributed by atoms with Crippen molar-refractivity contribution in [3.63, 3.8) is 0 Å². The monoisotopic (exact) mass is 152 g/mol. The molecule has 0 aromatic heterocycles. The molecule has 1 atom stereocenters. The zero-order chi connectivity index (χ0) is 8.32. The lowest BCUT2D eigenvalue weighted by Crippen LogP contribution is -2.28. The van der Waals surface area contributed by atoms with Gasteiger partial charge < -0.3 is 5.32 Å². The van der Waals surface area contributed by atoms with Crippen molar-refractivity contribution in [2.24, 2.45) is 10.4 Å². The molecule has 0 aliphatic carbocycles. The summed E-state index contributed by atoms with van der Waals surface area (Å²) in [5, 5.41) is 2.94. The number of nitrogens with one attached hydrogen (secondary N) is 1. The van der Waals surface area contributed by atoms with Crippen LogP contribution in [0.4, 0.5) is 0 Å². The van der Waals surface area contributed by atoms with Crippen LogP contribution in [0.1, 0.15) is 27.2 Å². The molecule has 0 spiro atoms. The second-order valence-electron chi connectivity index (χ2n) is 3.59. The summed E-state index contributed by atoms with van der Waals surface area (Å²) in [4.78, 5) is 4.35. The van der Waals surface area contributed by atoms with Crippen LogP contribution in [-0.4, -0.2) is 12.4 Å². The normalized spacial score (nSPS) is 23.4. The third kappa shape index (κ3) is 1.82. The molecule has 1 rings (SSSR count). The SMILES string of the molecule is CCC(C)(C)C1C=CNC=N1. The minimum Gasteiger partial charge on any atom is -0.353 e. The van der Waals surface area contributed by atoms with Crippen molar-refractivity contribution >= 4 is 6.34 Å². The van der Waals surface area contributed by atoms with Gasteiger partial charge >= 0.3 is 0 Å². The maximum absolute atomic E-state index is 4.35. The quantitative estimate of drug-likeness (QED) is 0.642. The van der Waals surface area contributed by atoms with Crippen molar-refractivity contribution in [1.82, 2.24) is 5.32 Å². The maximum Gasteiger partial charge on any atom is 0.0870 e. The average Bonchev–Trinajstić information content (AvgIpc) is 2.06. The number of hydrogen-bond donors (Lipinski definition) is 1.